The summed E-state index contributed by atoms with van der Waals surface area (Å²) in [5.41, 5.74) is 2.20. The van der Waals surface area contributed by atoms with Gasteiger partial charge in [0.05, 0.1) is 27.2 Å². The Morgan fingerprint density at radius 3 is 1.89 bits per heavy atom. The summed E-state index contributed by atoms with van der Waals surface area (Å²) in [6.07, 6.45) is 16.6. The second-order valence-corrected chi connectivity index (χ2v) is 15.0. The first kappa shape index (κ1) is 36.1. The molecule has 244 valence electrons. The molecule has 0 amide bonds. The Kier molecular flexibility index (Phi) is 15.2. The smallest absolute Gasteiger partial charge is 0.294 e. The molecule has 0 saturated heterocycles. The van der Waals surface area contributed by atoms with Crippen LogP contribution in [-0.2, 0) is 26.7 Å². The number of unbranched alkanes of at least 4 members (excludes halogenated alkanes) is 13. The third kappa shape index (κ3) is 11.8. The summed E-state index contributed by atoms with van der Waals surface area (Å²) in [6, 6.07) is 15.4. The molecular formula is C33H48ClN3O5S2. The maximum Gasteiger partial charge on any atom is 0.294 e. The van der Waals surface area contributed by atoms with E-state index in [1.54, 1.807) is 12.1 Å². The summed E-state index contributed by atoms with van der Waals surface area (Å²) in [7, 11) is -8.20. The zero-order valence-corrected chi connectivity index (χ0v) is 28.3. The van der Waals surface area contributed by atoms with Gasteiger partial charge in [0, 0.05) is 17.8 Å². The molecule has 0 saturated carbocycles. The number of sulfonamides is 1. The van der Waals surface area contributed by atoms with E-state index in [1.807, 2.05) is 34.9 Å². The van der Waals surface area contributed by atoms with E-state index in [0.29, 0.717) is 29.7 Å². The minimum absolute atomic E-state index is 0.0483. The fourth-order valence-electron chi connectivity index (χ4n) is 5.45. The lowest BCUT2D eigenvalue weighted by molar-refractivity contribution is 0.483. The molecule has 2 N–H and O–H groups in total. The molecule has 3 rings (SSSR count). The van der Waals surface area contributed by atoms with E-state index in [2.05, 4.69) is 16.9 Å². The summed E-state index contributed by atoms with van der Waals surface area (Å²) in [6.45, 7) is 2.66. The number of pyridine rings is 1. The number of nitrogens with one attached hydrogen (secondary N) is 1. The molecule has 0 atom stereocenters. The molecule has 2 aromatic carbocycles. The van der Waals surface area contributed by atoms with Gasteiger partial charge >= 0.3 is 0 Å². The second-order valence-electron chi connectivity index (χ2n) is 11.4. The van der Waals surface area contributed by atoms with Crippen molar-refractivity contribution in [2.24, 2.45) is 5.10 Å². The lowest BCUT2D eigenvalue weighted by Crippen LogP contribution is -2.25. The van der Waals surface area contributed by atoms with Gasteiger partial charge in [0.15, 0.2) is 0 Å². The second kappa shape index (κ2) is 18.5. The Balaban J connectivity index is 1.63. The van der Waals surface area contributed by atoms with Crippen molar-refractivity contribution in [3.05, 3.63) is 60.0 Å². The molecule has 3 aromatic rings. The number of halogens is 1. The number of aromatic nitrogens is 1. The highest BCUT2D eigenvalue weighted by Gasteiger charge is 2.16. The number of hydrogen-bond acceptors (Lipinski definition) is 5. The van der Waals surface area contributed by atoms with Crippen LogP contribution >= 0.6 is 11.6 Å². The van der Waals surface area contributed by atoms with Crippen LogP contribution in [0, 0.1) is 0 Å². The number of alkyl halides is 1. The van der Waals surface area contributed by atoms with Gasteiger partial charge in [-0.1, -0.05) is 121 Å². The van der Waals surface area contributed by atoms with Crippen molar-refractivity contribution >= 4 is 42.6 Å². The molecule has 8 nitrogen and oxygen atoms in total. The Bertz CT molecular complexity index is 1590. The first-order valence-corrected chi connectivity index (χ1v) is 19.6. The standard InChI is InChI=1S/C33H48ClN3O5S2/c1-2-3-4-5-6-7-8-9-10-11-12-13-14-18-25-43(38,39)36-35-31-27-33(28-19-16-15-17-20-28)37(24-23-34)32-22-21-29(26-30(31)32)44(40,41)42/h15-17,19-22,26-27,36H,2-14,18,23-25H2,1H3,(H,40,41,42). The van der Waals surface area contributed by atoms with Crippen LogP contribution in [0.2, 0.25) is 0 Å². The first-order chi connectivity index (χ1) is 21.2. The van der Waals surface area contributed by atoms with E-state index in [0.717, 1.165) is 30.5 Å². The minimum Gasteiger partial charge on any atom is -0.339 e. The summed E-state index contributed by atoms with van der Waals surface area (Å²) >= 11 is 6.12. The number of fused-ring (bicyclic) bond motifs is 1. The van der Waals surface area contributed by atoms with Crippen molar-refractivity contribution in [3.63, 3.8) is 0 Å². The lowest BCUT2D eigenvalue weighted by atomic mass is 10.0. The molecule has 0 spiro atoms. The minimum atomic E-state index is -4.49. The van der Waals surface area contributed by atoms with Crippen LogP contribution in [0.5, 0.6) is 0 Å². The quantitative estimate of drug-likeness (QED) is 0.0517. The van der Waals surface area contributed by atoms with Gasteiger partial charge in [0.25, 0.3) is 10.1 Å². The zero-order valence-electron chi connectivity index (χ0n) is 25.9. The number of nitrogens with zero attached hydrogens (tertiary/aromatic N) is 2. The number of aryl methyl sites for hydroxylation is 1. The highest BCUT2D eigenvalue weighted by molar-refractivity contribution is 7.89. The largest absolute Gasteiger partial charge is 0.339 e. The normalized spacial score (nSPS) is 12.7. The van der Waals surface area contributed by atoms with E-state index in [-0.39, 0.29) is 16.0 Å². The molecule has 0 fully saturated rings. The predicted octanol–water partition coefficient (Wildman–Crippen LogP) is 8.01. The molecule has 1 heterocycles. The van der Waals surface area contributed by atoms with Crippen LogP contribution in [0.15, 0.2) is 64.6 Å². The highest BCUT2D eigenvalue weighted by atomic mass is 35.5. The van der Waals surface area contributed by atoms with Gasteiger partial charge in [-0.25, -0.2) is 13.2 Å². The molecule has 0 aliphatic heterocycles. The summed E-state index contributed by atoms with van der Waals surface area (Å²) in [5.74, 6) is 0.245. The van der Waals surface area contributed by atoms with E-state index < -0.39 is 20.1 Å². The van der Waals surface area contributed by atoms with Gasteiger partial charge in [-0.15, -0.1) is 11.6 Å². The van der Waals surface area contributed by atoms with Crippen LogP contribution in [0.25, 0.3) is 22.2 Å². The van der Waals surface area contributed by atoms with E-state index >= 15 is 0 Å². The van der Waals surface area contributed by atoms with Gasteiger partial charge in [-0.3, -0.25) is 4.55 Å². The Morgan fingerprint density at radius 2 is 1.34 bits per heavy atom. The molecule has 0 radical (unpaired) electrons. The SMILES string of the molecule is CCCCCCCCCCCCCCCCS(=O)(=O)NN=c1cc(-c2ccccc2)n(CCCl)c2ccc(S(=O)(=O)O)cc12. The van der Waals surface area contributed by atoms with Crippen LogP contribution in [-0.4, -0.2) is 37.6 Å². The van der Waals surface area contributed by atoms with Crippen molar-refractivity contribution in [1.29, 1.82) is 0 Å². The topological polar surface area (TPSA) is 118 Å². The molecule has 0 unspecified atom stereocenters. The Hall–Kier alpha value is -2.40. The van der Waals surface area contributed by atoms with Gasteiger partial charge in [-0.2, -0.15) is 13.5 Å². The zero-order chi connectivity index (χ0) is 31.8. The molecule has 0 aliphatic rings. The van der Waals surface area contributed by atoms with Crippen molar-refractivity contribution < 1.29 is 21.4 Å². The average Bonchev–Trinajstić information content (AvgIpc) is 3.00. The third-order valence-corrected chi connectivity index (χ3v) is 10.1. The van der Waals surface area contributed by atoms with Crippen molar-refractivity contribution in [2.75, 3.05) is 11.6 Å². The van der Waals surface area contributed by atoms with Crippen LogP contribution in [0.3, 0.4) is 0 Å². The van der Waals surface area contributed by atoms with Crippen molar-refractivity contribution in [2.45, 2.75) is 108 Å². The number of benzene rings is 2. The third-order valence-electron chi connectivity index (χ3n) is 7.85. The van der Waals surface area contributed by atoms with Gasteiger partial charge in [0.1, 0.15) is 0 Å². The molecule has 44 heavy (non-hydrogen) atoms. The molecule has 1 aromatic heterocycles. The van der Waals surface area contributed by atoms with Gasteiger partial charge in [0.2, 0.25) is 10.0 Å². The van der Waals surface area contributed by atoms with Crippen molar-refractivity contribution in [3.8, 4) is 11.3 Å². The lowest BCUT2D eigenvalue weighted by Gasteiger charge is -2.17. The molecular weight excluding hydrogens is 618 g/mol. The Morgan fingerprint density at radius 1 is 0.773 bits per heavy atom. The van der Waals surface area contributed by atoms with Gasteiger partial charge < -0.3 is 4.57 Å². The van der Waals surface area contributed by atoms with E-state index in [9.17, 15) is 21.4 Å². The first-order valence-electron chi connectivity index (χ1n) is 16.0. The highest BCUT2D eigenvalue weighted by Crippen LogP contribution is 2.25. The summed E-state index contributed by atoms with van der Waals surface area (Å²) in [4.78, 5) is 2.04. The number of hydrogen-bond donors (Lipinski definition) is 2. The maximum atomic E-state index is 12.8. The molecule has 0 bridgehead atoms. The van der Waals surface area contributed by atoms with Crippen LogP contribution < -0.4 is 10.2 Å². The summed E-state index contributed by atoms with van der Waals surface area (Å²) < 4.78 is 61.1. The van der Waals surface area contributed by atoms with Crippen LogP contribution in [0.1, 0.15) is 96.8 Å². The fourth-order valence-corrected chi connectivity index (χ4v) is 7.04. The molecule has 11 heteroatoms. The fraction of sp³-hybridized carbons (Fsp3) is 0.545. The average molecular weight is 666 g/mol. The maximum absolute atomic E-state index is 12.8. The van der Waals surface area contributed by atoms with Gasteiger partial charge in [-0.05, 0) is 36.2 Å². The Labute approximate surface area is 268 Å². The number of rotatable bonds is 21. The van der Waals surface area contributed by atoms with E-state index in [1.165, 1.54) is 76.3 Å². The van der Waals surface area contributed by atoms with Crippen LogP contribution in [0.4, 0.5) is 0 Å². The summed E-state index contributed by atoms with van der Waals surface area (Å²) in [5, 5.41) is 4.84. The predicted molar refractivity (Wildman–Crippen MR) is 181 cm³/mol. The monoisotopic (exact) mass is 665 g/mol. The molecule has 0 aliphatic carbocycles. The van der Waals surface area contributed by atoms with Crippen molar-refractivity contribution in [1.82, 2.24) is 9.40 Å². The van der Waals surface area contributed by atoms with E-state index in [4.69, 9.17) is 11.6 Å².